The van der Waals surface area contributed by atoms with Gasteiger partial charge in [-0.1, -0.05) is 56.3 Å². The number of nitro benzene ring substituents is 1. The zero-order valence-corrected chi connectivity index (χ0v) is 34.4. The van der Waals surface area contributed by atoms with E-state index in [-0.39, 0.29) is 37.3 Å². The summed E-state index contributed by atoms with van der Waals surface area (Å²) in [4.78, 5) is 88.6. The van der Waals surface area contributed by atoms with E-state index in [0.717, 1.165) is 4.90 Å². The SMILES string of the molecule is CC(C)C[C@@H](C(=O)OC(C)(C)C)N(C(=O)C[C@H](O)[C@@H](N)Cc1ccc([N+](=O)[O-])cc1)C(=O)[C@H](Cc1cnc[nH]1)NC(=O)[C@H](Cc1ccccc1)NC(=O)OC(C)(C)C. The highest BCUT2D eigenvalue weighted by molar-refractivity contribution is 6.03. The highest BCUT2D eigenvalue weighted by atomic mass is 16.6. The minimum atomic E-state index is -1.54. The van der Waals surface area contributed by atoms with E-state index >= 15 is 0 Å². The number of rotatable bonds is 18. The lowest BCUT2D eigenvalue weighted by Crippen LogP contribution is -2.60. The van der Waals surface area contributed by atoms with E-state index in [2.05, 4.69) is 20.6 Å². The molecule has 17 nitrogen and oxygen atoms in total. The van der Waals surface area contributed by atoms with E-state index in [9.17, 15) is 39.2 Å². The second-order valence-corrected chi connectivity index (χ2v) is 16.6. The number of nitro groups is 1. The molecule has 0 saturated carbocycles. The number of nitrogens with zero attached hydrogens (tertiary/aromatic N) is 3. The van der Waals surface area contributed by atoms with Crippen LogP contribution < -0.4 is 16.4 Å². The number of carbonyl (C=O) groups is 5. The number of nitrogens with two attached hydrogens (primary N) is 1. The van der Waals surface area contributed by atoms with Gasteiger partial charge in [0, 0.05) is 42.9 Å². The summed E-state index contributed by atoms with van der Waals surface area (Å²) in [5.41, 5.74) is 5.92. The van der Waals surface area contributed by atoms with Gasteiger partial charge in [0.2, 0.25) is 11.8 Å². The van der Waals surface area contributed by atoms with Gasteiger partial charge in [0.15, 0.2) is 0 Å². The van der Waals surface area contributed by atoms with Crippen LogP contribution in [0, 0.1) is 16.0 Å². The van der Waals surface area contributed by atoms with Crippen LogP contribution in [0.4, 0.5) is 10.5 Å². The zero-order chi connectivity index (χ0) is 43.4. The van der Waals surface area contributed by atoms with Crippen molar-refractivity contribution in [2.24, 2.45) is 11.7 Å². The van der Waals surface area contributed by atoms with Crippen LogP contribution in [0.2, 0.25) is 0 Å². The Hall–Kier alpha value is -5.68. The molecule has 0 radical (unpaired) electrons. The molecule has 4 amide bonds. The average molecular weight is 808 g/mol. The molecule has 3 rings (SSSR count). The number of imidazole rings is 1. The van der Waals surface area contributed by atoms with Crippen molar-refractivity contribution in [1.82, 2.24) is 25.5 Å². The monoisotopic (exact) mass is 807 g/mol. The third kappa shape index (κ3) is 15.3. The minimum Gasteiger partial charge on any atom is -0.458 e. The Bertz CT molecular complexity index is 1840. The zero-order valence-electron chi connectivity index (χ0n) is 34.4. The van der Waals surface area contributed by atoms with E-state index in [1.165, 1.54) is 36.8 Å². The van der Waals surface area contributed by atoms with Gasteiger partial charge in [-0.25, -0.2) is 14.6 Å². The van der Waals surface area contributed by atoms with Crippen molar-refractivity contribution in [2.45, 2.75) is 129 Å². The van der Waals surface area contributed by atoms with Gasteiger partial charge in [-0.3, -0.25) is 29.4 Å². The number of nitrogens with one attached hydrogen (secondary N) is 3. The number of alkyl carbamates (subject to hydrolysis) is 1. The first-order chi connectivity index (χ1) is 27.0. The van der Waals surface area contributed by atoms with Crippen LogP contribution in [0.15, 0.2) is 67.1 Å². The molecule has 1 heterocycles. The quantitative estimate of drug-likeness (QED) is 0.0697. The summed E-state index contributed by atoms with van der Waals surface area (Å²) in [6, 6.07) is 9.08. The first-order valence-corrected chi connectivity index (χ1v) is 19.1. The molecule has 0 aliphatic rings. The summed E-state index contributed by atoms with van der Waals surface area (Å²) in [7, 11) is 0. The molecule has 0 bridgehead atoms. The fourth-order valence-electron chi connectivity index (χ4n) is 5.93. The molecule has 6 N–H and O–H groups in total. The molecule has 17 heteroatoms. The molecule has 0 spiro atoms. The maximum absolute atomic E-state index is 14.9. The number of hydrogen-bond acceptors (Lipinski definition) is 12. The lowest BCUT2D eigenvalue weighted by Gasteiger charge is -2.35. The minimum absolute atomic E-state index is 0.00620. The number of aromatic nitrogens is 2. The van der Waals surface area contributed by atoms with Crippen molar-refractivity contribution in [3.05, 3.63) is 94.1 Å². The van der Waals surface area contributed by atoms with E-state index in [1.54, 1.807) is 85.7 Å². The molecule has 2 aromatic carbocycles. The predicted molar refractivity (Wildman–Crippen MR) is 214 cm³/mol. The summed E-state index contributed by atoms with van der Waals surface area (Å²) >= 11 is 0. The molecule has 0 saturated heterocycles. The summed E-state index contributed by atoms with van der Waals surface area (Å²) in [6.07, 6.45) is -0.543. The van der Waals surface area contributed by atoms with E-state index in [0.29, 0.717) is 16.8 Å². The van der Waals surface area contributed by atoms with Crippen molar-refractivity contribution in [1.29, 1.82) is 0 Å². The fraction of sp³-hybridized carbons (Fsp3) is 0.512. The number of non-ortho nitro benzene ring substituents is 1. The summed E-state index contributed by atoms with van der Waals surface area (Å²) < 4.78 is 11.1. The number of aliphatic hydroxyl groups excluding tert-OH is 1. The van der Waals surface area contributed by atoms with Crippen molar-refractivity contribution < 1.29 is 43.5 Å². The van der Waals surface area contributed by atoms with E-state index in [1.807, 2.05) is 0 Å². The maximum atomic E-state index is 14.9. The Morgan fingerprint density at radius 3 is 2.02 bits per heavy atom. The molecule has 0 aliphatic heterocycles. The molecule has 0 fully saturated rings. The van der Waals surface area contributed by atoms with Crippen LogP contribution in [0.25, 0.3) is 0 Å². The number of esters is 1. The predicted octanol–water partition coefficient (Wildman–Crippen LogP) is 3.91. The van der Waals surface area contributed by atoms with Crippen LogP contribution in [0.1, 0.15) is 85.1 Å². The smallest absolute Gasteiger partial charge is 0.408 e. The summed E-state index contributed by atoms with van der Waals surface area (Å²) in [6.45, 7) is 13.5. The number of aliphatic hydroxyl groups is 1. The van der Waals surface area contributed by atoms with Crippen LogP contribution in [0.5, 0.6) is 0 Å². The van der Waals surface area contributed by atoms with E-state index in [4.69, 9.17) is 15.2 Å². The standard InChI is InChI=1S/C41H57N7O10/c1-25(2)18-33(38(53)57-40(3,4)5)47(35(50)22-34(49)30(42)19-27-14-16-29(17-15-27)48(55)56)37(52)32(21-28-23-43-24-44-28)45-36(51)31(20-26-12-10-9-11-13-26)46-39(54)58-41(6,7)8/h9-17,23-25,30-34,49H,18-22,42H2,1-8H3,(H,43,44)(H,45,51)(H,46,54)/t30-,31-,32-,33-,34-/m0/s1. The maximum Gasteiger partial charge on any atom is 0.408 e. The molecular weight excluding hydrogens is 750 g/mol. The van der Waals surface area contributed by atoms with Crippen molar-refractivity contribution in [3.8, 4) is 0 Å². The van der Waals surface area contributed by atoms with Crippen LogP contribution >= 0.6 is 0 Å². The van der Waals surface area contributed by atoms with Crippen molar-refractivity contribution in [2.75, 3.05) is 0 Å². The van der Waals surface area contributed by atoms with Gasteiger partial charge in [-0.15, -0.1) is 0 Å². The van der Waals surface area contributed by atoms with Gasteiger partial charge in [0.05, 0.1) is 23.8 Å². The lowest BCUT2D eigenvalue weighted by atomic mass is 9.97. The Balaban J connectivity index is 2.05. The number of carbonyl (C=O) groups excluding carboxylic acids is 5. The Morgan fingerprint density at radius 2 is 1.48 bits per heavy atom. The molecule has 0 aliphatic carbocycles. The highest BCUT2D eigenvalue weighted by Crippen LogP contribution is 2.22. The Labute approximate surface area is 338 Å². The second-order valence-electron chi connectivity index (χ2n) is 16.6. The molecule has 0 unspecified atom stereocenters. The summed E-state index contributed by atoms with van der Waals surface area (Å²) in [5.74, 6) is -3.87. The summed E-state index contributed by atoms with van der Waals surface area (Å²) in [5, 5.41) is 27.7. The van der Waals surface area contributed by atoms with Crippen LogP contribution in [-0.2, 0) is 47.9 Å². The van der Waals surface area contributed by atoms with Crippen LogP contribution in [0.3, 0.4) is 0 Å². The van der Waals surface area contributed by atoms with Gasteiger partial charge >= 0.3 is 12.1 Å². The molecule has 316 valence electrons. The third-order valence-electron chi connectivity index (χ3n) is 8.57. The first-order valence-electron chi connectivity index (χ1n) is 19.1. The average Bonchev–Trinajstić information content (AvgIpc) is 3.63. The molecular formula is C41H57N7O10. The van der Waals surface area contributed by atoms with E-state index < -0.39 is 82.6 Å². The number of imide groups is 1. The van der Waals surface area contributed by atoms with Gasteiger partial charge in [-0.2, -0.15) is 0 Å². The molecule has 1 aromatic heterocycles. The molecule has 58 heavy (non-hydrogen) atoms. The number of hydrogen-bond donors (Lipinski definition) is 5. The lowest BCUT2D eigenvalue weighted by molar-refractivity contribution is -0.384. The first kappa shape index (κ1) is 46.7. The normalized spacial score (nSPS) is 14.3. The Kier molecular flexibility index (Phi) is 16.6. The van der Waals surface area contributed by atoms with Gasteiger partial charge in [-0.05, 0) is 71.4 Å². The third-order valence-corrected chi connectivity index (χ3v) is 8.57. The second kappa shape index (κ2) is 20.7. The van der Waals surface area contributed by atoms with Crippen molar-refractivity contribution in [3.63, 3.8) is 0 Å². The topological polar surface area (TPSA) is 249 Å². The number of benzene rings is 2. The molecule has 3 aromatic rings. The van der Waals surface area contributed by atoms with Gasteiger partial charge in [0.1, 0.15) is 29.3 Å². The highest BCUT2D eigenvalue weighted by Gasteiger charge is 2.42. The largest absolute Gasteiger partial charge is 0.458 e. The molecule has 5 atom stereocenters. The van der Waals surface area contributed by atoms with Gasteiger partial charge in [0.25, 0.3) is 11.6 Å². The fourth-order valence-corrected chi connectivity index (χ4v) is 5.93. The van der Waals surface area contributed by atoms with Crippen LogP contribution in [-0.4, -0.2) is 96.2 Å². The van der Waals surface area contributed by atoms with Crippen molar-refractivity contribution >= 4 is 35.5 Å². The number of amides is 4. The number of H-pyrrole nitrogens is 1. The van der Waals surface area contributed by atoms with Gasteiger partial charge < -0.3 is 35.9 Å². The number of ether oxygens (including phenoxy) is 2. The number of aromatic amines is 1. The Morgan fingerprint density at radius 1 is 0.879 bits per heavy atom.